The van der Waals surface area contributed by atoms with E-state index >= 15 is 0 Å². The number of carboxylic acids is 1. The van der Waals surface area contributed by atoms with Gasteiger partial charge in [-0.3, -0.25) is 29.8 Å². The lowest BCUT2D eigenvalue weighted by Crippen LogP contribution is -2.62. The number of urea groups is 1. The number of fused-ring (bicyclic) bond motifs is 1. The zero-order valence-electron chi connectivity index (χ0n) is 24.8. The molecule has 46 heavy (non-hydrogen) atoms. The first-order valence-corrected chi connectivity index (χ1v) is 14.6. The van der Waals surface area contributed by atoms with Crippen LogP contribution in [-0.2, 0) is 42.5 Å². The van der Waals surface area contributed by atoms with Crippen molar-refractivity contribution in [1.29, 1.82) is 0 Å². The van der Waals surface area contributed by atoms with Crippen molar-refractivity contribution in [3.63, 3.8) is 0 Å². The number of ketones is 1. The second-order valence-corrected chi connectivity index (χ2v) is 11.7. The first kappa shape index (κ1) is 33.7. The number of carbonyl (C=O) groups excluding carboxylic acids is 4. The number of aromatic nitrogens is 5. The molecule has 0 unspecified atom stereocenters. The van der Waals surface area contributed by atoms with Crippen LogP contribution < -0.4 is 32.5 Å². The van der Waals surface area contributed by atoms with Gasteiger partial charge in [-0.2, -0.15) is 10.2 Å². The summed E-state index contributed by atoms with van der Waals surface area (Å²) >= 11 is 1.26. The lowest BCUT2D eigenvalue weighted by molar-refractivity contribution is -0.765. The topological polar surface area (TPSA) is 312 Å². The van der Waals surface area contributed by atoms with Gasteiger partial charge >= 0.3 is 18.0 Å². The summed E-state index contributed by atoms with van der Waals surface area (Å²) in [5.74, 6) is -4.89. The van der Waals surface area contributed by atoms with Crippen LogP contribution in [0.1, 0.15) is 26.1 Å². The Morgan fingerprint density at radius 2 is 2.02 bits per heavy atom. The third kappa shape index (κ3) is 6.72. The van der Waals surface area contributed by atoms with Crippen LogP contribution >= 0.6 is 11.8 Å². The zero-order valence-corrected chi connectivity index (χ0v) is 25.7. The summed E-state index contributed by atoms with van der Waals surface area (Å²) < 4.78 is 3.10. The number of oxime groups is 1. The van der Waals surface area contributed by atoms with E-state index in [9.17, 15) is 29.1 Å². The molecule has 2 aliphatic heterocycles. The summed E-state index contributed by atoms with van der Waals surface area (Å²) in [5.41, 5.74) is 15.3. The molecule has 22 heteroatoms. The monoisotopic (exact) mass is 665 g/mol. The van der Waals surface area contributed by atoms with Gasteiger partial charge in [-0.15, -0.1) is 26.2 Å². The number of β-lactam (4-membered cyclic amide) rings is 1. The van der Waals surface area contributed by atoms with E-state index in [1.54, 1.807) is 11.7 Å². The van der Waals surface area contributed by atoms with Gasteiger partial charge in [-0.05, 0) is 13.8 Å². The number of aliphatic carboxylic acids is 1. The van der Waals surface area contributed by atoms with Gasteiger partial charge in [0, 0.05) is 30.8 Å². The molecule has 248 valence electrons. The minimum absolute atomic E-state index is 0.0225. The summed E-state index contributed by atoms with van der Waals surface area (Å²) in [6.07, 6.45) is 1.11. The number of carbonyl (C=O) groups is 5. The highest BCUT2D eigenvalue weighted by molar-refractivity contribution is 8.00. The van der Waals surface area contributed by atoms with E-state index in [2.05, 4.69) is 35.9 Å². The first-order valence-electron chi connectivity index (χ1n) is 13.5. The summed E-state index contributed by atoms with van der Waals surface area (Å²) in [6.45, 7) is 2.95. The van der Waals surface area contributed by atoms with Crippen molar-refractivity contribution in [2.75, 3.05) is 35.6 Å². The van der Waals surface area contributed by atoms with E-state index in [1.165, 1.54) is 36.5 Å². The normalized spacial score (nSPS) is 18.1. The standard InChI is InChI=1S/C24H32N12O9S/c1-24(2,21(41)44-43)45-33-14(17-30-22(27)32-31-17)13(37)6-11-18(38)36-15(20(39)40)10(9-46-19(11)36)7-35-8-12(16(26)34(35)3)29-23(42)28-5-4-25/h8,11,19,26H,4-7,9,25H2,1-3H3,(H7,27,28,29,30,31,32,33,37,39,40,42,43)/p+1/t11-,19-/m1/s1. The first-order chi connectivity index (χ1) is 21.7. The third-order valence-electron chi connectivity index (χ3n) is 7.02. The maximum atomic E-state index is 13.4. The number of anilines is 3. The fourth-order valence-corrected chi connectivity index (χ4v) is 5.96. The highest BCUT2D eigenvalue weighted by Gasteiger charge is 2.54. The SMILES string of the molecule is Cn1c(N)c(NC(=O)NCCN)c[n+]1CC1=C(C(=O)O)N2C(=O)[C@@H](CC(=O)/C(=N\OC(C)(C)C(=O)OO)c3nc(N)n[nH]3)[C@H]2SC1. The van der Waals surface area contributed by atoms with Crippen LogP contribution in [0.5, 0.6) is 0 Å². The zero-order chi connectivity index (χ0) is 33.9. The maximum Gasteiger partial charge on any atom is 0.387 e. The minimum Gasteiger partial charge on any atom is -0.477 e. The maximum absolute atomic E-state index is 13.4. The summed E-state index contributed by atoms with van der Waals surface area (Å²) in [7, 11) is 1.62. The average Bonchev–Trinajstić information content (AvgIpc) is 3.55. The van der Waals surface area contributed by atoms with Gasteiger partial charge in [-0.1, -0.05) is 5.16 Å². The fourth-order valence-electron chi connectivity index (χ4n) is 4.56. The van der Waals surface area contributed by atoms with E-state index < -0.39 is 58.7 Å². The third-order valence-corrected chi connectivity index (χ3v) is 8.41. The smallest absolute Gasteiger partial charge is 0.387 e. The average molecular weight is 666 g/mol. The number of nitrogens with zero attached hydrogens (tertiary/aromatic N) is 6. The van der Waals surface area contributed by atoms with Gasteiger partial charge in [0.05, 0.1) is 18.3 Å². The molecule has 4 heterocycles. The molecule has 0 bridgehead atoms. The Kier molecular flexibility index (Phi) is 9.82. The largest absolute Gasteiger partial charge is 0.477 e. The Bertz CT molecular complexity index is 1630. The molecule has 2 aromatic heterocycles. The van der Waals surface area contributed by atoms with Gasteiger partial charge in [0.25, 0.3) is 0 Å². The molecular formula is C24H33N12O9S+. The Hall–Kier alpha value is -5.22. The van der Waals surface area contributed by atoms with Gasteiger partial charge < -0.3 is 32.5 Å². The molecule has 21 nitrogen and oxygen atoms in total. The van der Waals surface area contributed by atoms with Crippen molar-refractivity contribution in [3.05, 3.63) is 23.3 Å². The highest BCUT2D eigenvalue weighted by atomic mass is 32.2. The van der Waals surface area contributed by atoms with Crippen molar-refractivity contribution in [3.8, 4) is 0 Å². The van der Waals surface area contributed by atoms with Crippen LogP contribution in [0.25, 0.3) is 0 Å². The van der Waals surface area contributed by atoms with E-state index in [-0.39, 0.29) is 54.4 Å². The fraction of sp³-hybridized carbons (Fsp3) is 0.458. The molecule has 11 N–H and O–H groups in total. The van der Waals surface area contributed by atoms with Crippen LogP contribution in [0.15, 0.2) is 22.6 Å². The highest BCUT2D eigenvalue weighted by Crippen LogP contribution is 2.45. The van der Waals surface area contributed by atoms with Crippen molar-refractivity contribution in [2.45, 2.75) is 37.8 Å². The van der Waals surface area contributed by atoms with Gasteiger partial charge in [0.1, 0.15) is 5.70 Å². The number of thioether (sulfide) groups is 1. The number of Topliss-reactive ketones (excluding diaryl/α,β-unsaturated/α-hetero) is 1. The number of rotatable bonds is 13. The number of nitrogens with two attached hydrogens (primary N) is 3. The molecule has 2 aromatic rings. The Morgan fingerprint density at radius 1 is 1.30 bits per heavy atom. The van der Waals surface area contributed by atoms with E-state index in [0.717, 1.165) is 4.90 Å². The lowest BCUT2D eigenvalue weighted by Gasteiger charge is -2.49. The molecule has 0 aliphatic carbocycles. The molecule has 1 fully saturated rings. The van der Waals surface area contributed by atoms with Crippen LogP contribution in [0.3, 0.4) is 0 Å². The molecule has 0 spiro atoms. The van der Waals surface area contributed by atoms with Gasteiger partial charge in [0.15, 0.2) is 35.4 Å². The Labute approximate surface area is 264 Å². The van der Waals surface area contributed by atoms with Crippen LogP contribution in [0.2, 0.25) is 0 Å². The predicted molar refractivity (Wildman–Crippen MR) is 158 cm³/mol. The van der Waals surface area contributed by atoms with Gasteiger partial charge in [0.2, 0.25) is 23.7 Å². The molecule has 1 saturated heterocycles. The number of H-pyrrole nitrogens is 1. The molecule has 3 amide bonds. The quantitative estimate of drug-likeness (QED) is 0.0367. The van der Waals surface area contributed by atoms with Crippen LogP contribution in [0, 0.1) is 5.92 Å². The lowest BCUT2D eigenvalue weighted by atomic mass is 9.89. The summed E-state index contributed by atoms with van der Waals surface area (Å²) in [5, 5.41) is 33.1. The van der Waals surface area contributed by atoms with Gasteiger partial charge in [-0.25, -0.2) is 14.4 Å². The second kappa shape index (κ2) is 13.4. The number of hydrogen-bond acceptors (Lipinski definition) is 15. The number of nitrogens with one attached hydrogen (secondary N) is 3. The second-order valence-electron chi connectivity index (χ2n) is 10.6. The number of aromatic amines is 1. The molecule has 4 rings (SSSR count). The van der Waals surface area contributed by atoms with E-state index in [1.807, 2.05) is 0 Å². The predicted octanol–water partition coefficient (Wildman–Crippen LogP) is -2.28. The Balaban J connectivity index is 1.54. The summed E-state index contributed by atoms with van der Waals surface area (Å²) in [6, 6.07) is -0.522. The van der Waals surface area contributed by atoms with Crippen LogP contribution in [-0.4, -0.2) is 100 Å². The van der Waals surface area contributed by atoms with Crippen molar-refractivity contribution in [1.82, 2.24) is 30.1 Å². The Morgan fingerprint density at radius 3 is 2.63 bits per heavy atom. The minimum atomic E-state index is -1.82. The van der Waals surface area contributed by atoms with Crippen LogP contribution in [0.4, 0.5) is 22.2 Å². The molecule has 2 aliphatic rings. The summed E-state index contributed by atoms with van der Waals surface area (Å²) in [4.78, 5) is 76.8. The number of hydrogen-bond donors (Lipinski definition) is 8. The van der Waals surface area contributed by atoms with E-state index in [4.69, 9.17) is 27.3 Å². The van der Waals surface area contributed by atoms with Crippen molar-refractivity contribution >= 4 is 64.6 Å². The molecule has 0 radical (unpaired) electrons. The molecular weight excluding hydrogens is 632 g/mol. The molecule has 2 atom stereocenters. The van der Waals surface area contributed by atoms with E-state index in [0.29, 0.717) is 5.57 Å². The number of nitrogen functional groups attached to an aromatic ring is 2. The van der Waals surface area contributed by atoms with Crippen molar-refractivity contribution in [2.24, 2.45) is 23.9 Å². The molecule has 0 aromatic carbocycles. The van der Waals surface area contributed by atoms with Crippen molar-refractivity contribution < 1.29 is 48.7 Å². The number of amides is 3. The molecule has 0 saturated carbocycles. The number of carboxylic acid groups (broad SMARTS) is 1.